The van der Waals surface area contributed by atoms with Crippen LogP contribution in [-0.4, -0.2) is 17.0 Å². The van der Waals surface area contributed by atoms with Crippen LogP contribution in [0.4, 0.5) is 5.82 Å². The van der Waals surface area contributed by atoms with E-state index in [1.54, 1.807) is 0 Å². The Bertz CT molecular complexity index is 685. The Morgan fingerprint density at radius 3 is 2.67 bits per heavy atom. The van der Waals surface area contributed by atoms with Gasteiger partial charge in [-0.1, -0.05) is 40.3 Å². The second-order valence-electron chi connectivity index (χ2n) is 5.13. The first-order valence-corrected chi connectivity index (χ1v) is 7.82. The molecule has 0 fully saturated rings. The summed E-state index contributed by atoms with van der Waals surface area (Å²) in [5.74, 6) is 0.833. The maximum absolute atomic E-state index is 5.88. The third-order valence-electron chi connectivity index (χ3n) is 3.24. The highest BCUT2D eigenvalue weighted by molar-refractivity contribution is 9.10. The van der Waals surface area contributed by atoms with Crippen molar-refractivity contribution in [2.45, 2.75) is 20.4 Å². The summed E-state index contributed by atoms with van der Waals surface area (Å²) < 4.78 is 1.07. The molecule has 0 radical (unpaired) electrons. The van der Waals surface area contributed by atoms with Crippen molar-refractivity contribution >= 4 is 39.0 Å². The average molecular weight is 364 g/mol. The summed E-state index contributed by atoms with van der Waals surface area (Å²) in [6, 6.07) is 10.2. The van der Waals surface area contributed by atoms with Crippen molar-refractivity contribution in [2.75, 3.05) is 11.9 Å². The van der Waals surface area contributed by atoms with Crippen LogP contribution in [0, 0.1) is 13.8 Å². The highest BCUT2D eigenvalue weighted by atomic mass is 79.9. The average Bonchev–Trinajstić information content (AvgIpc) is 2.37. The van der Waals surface area contributed by atoms with E-state index < -0.39 is 0 Å². The third-order valence-corrected chi connectivity index (χ3v) is 3.94. The van der Waals surface area contributed by atoms with E-state index in [2.05, 4.69) is 37.9 Å². The van der Waals surface area contributed by atoms with Gasteiger partial charge in [0.2, 0.25) is 0 Å². The second kappa shape index (κ2) is 6.54. The molecule has 0 aliphatic heterocycles. The van der Waals surface area contributed by atoms with Crippen LogP contribution < -0.4 is 10.6 Å². The molecule has 2 aromatic rings. The maximum Gasteiger partial charge on any atom is 0.139 e. The van der Waals surface area contributed by atoms with Gasteiger partial charge in [-0.15, -0.1) is 0 Å². The fourth-order valence-corrected chi connectivity index (χ4v) is 3.08. The molecule has 0 saturated heterocycles. The van der Waals surface area contributed by atoms with Crippen molar-refractivity contribution in [1.29, 1.82) is 0 Å². The van der Waals surface area contributed by atoms with E-state index in [0.717, 1.165) is 33.7 Å². The summed E-state index contributed by atoms with van der Waals surface area (Å²) >= 11 is 8.68. The maximum atomic E-state index is 5.88. The van der Waals surface area contributed by atoms with Gasteiger partial charge < -0.3 is 10.6 Å². The van der Waals surface area contributed by atoms with E-state index in [0.29, 0.717) is 4.99 Å². The standard InChI is InChI=1S/C16H18BrN3S/c1-10-7-11(2)19-16(14(10)15(18)21)20(3)9-12-5-4-6-13(17)8-12/h4-8H,9H2,1-3H3,(H2,18,21). The summed E-state index contributed by atoms with van der Waals surface area (Å²) in [6.07, 6.45) is 0. The Labute approximate surface area is 139 Å². The Morgan fingerprint density at radius 1 is 1.33 bits per heavy atom. The summed E-state index contributed by atoms with van der Waals surface area (Å²) in [5, 5.41) is 0. The lowest BCUT2D eigenvalue weighted by Gasteiger charge is -2.23. The first-order valence-electron chi connectivity index (χ1n) is 6.62. The van der Waals surface area contributed by atoms with E-state index >= 15 is 0 Å². The van der Waals surface area contributed by atoms with Gasteiger partial charge in [0.25, 0.3) is 0 Å². The molecular weight excluding hydrogens is 346 g/mol. The molecule has 0 aliphatic carbocycles. The fourth-order valence-electron chi connectivity index (χ4n) is 2.38. The number of nitrogens with two attached hydrogens (primary N) is 1. The van der Waals surface area contributed by atoms with Crippen LogP contribution in [-0.2, 0) is 6.54 Å². The fraction of sp³-hybridized carbons (Fsp3) is 0.250. The van der Waals surface area contributed by atoms with Gasteiger partial charge in [-0.2, -0.15) is 0 Å². The minimum Gasteiger partial charge on any atom is -0.389 e. The molecule has 0 saturated carbocycles. The topological polar surface area (TPSA) is 42.1 Å². The summed E-state index contributed by atoms with van der Waals surface area (Å²) in [7, 11) is 2.00. The molecule has 0 aliphatic rings. The largest absolute Gasteiger partial charge is 0.389 e. The van der Waals surface area contributed by atoms with E-state index in [4.69, 9.17) is 18.0 Å². The quantitative estimate of drug-likeness (QED) is 0.840. The number of benzene rings is 1. The molecular formula is C16H18BrN3S. The molecule has 2 rings (SSSR count). The van der Waals surface area contributed by atoms with Gasteiger partial charge in [0.15, 0.2) is 0 Å². The van der Waals surface area contributed by atoms with Gasteiger partial charge >= 0.3 is 0 Å². The smallest absolute Gasteiger partial charge is 0.139 e. The molecule has 0 amide bonds. The molecule has 0 bridgehead atoms. The number of hydrogen-bond donors (Lipinski definition) is 1. The van der Waals surface area contributed by atoms with Crippen molar-refractivity contribution < 1.29 is 0 Å². The van der Waals surface area contributed by atoms with Crippen molar-refractivity contribution in [3.05, 3.63) is 57.2 Å². The summed E-state index contributed by atoms with van der Waals surface area (Å²) in [5.41, 5.74) is 9.95. The molecule has 2 N–H and O–H groups in total. The zero-order valence-corrected chi connectivity index (χ0v) is 14.8. The number of thiocarbonyl (C=S) groups is 1. The molecule has 1 heterocycles. The van der Waals surface area contributed by atoms with Gasteiger partial charge in [0.1, 0.15) is 10.8 Å². The van der Waals surface area contributed by atoms with Crippen LogP contribution in [0.5, 0.6) is 0 Å². The number of pyridine rings is 1. The van der Waals surface area contributed by atoms with Gasteiger partial charge in [0, 0.05) is 23.8 Å². The normalized spacial score (nSPS) is 10.5. The molecule has 3 nitrogen and oxygen atoms in total. The van der Waals surface area contributed by atoms with Crippen molar-refractivity contribution in [3.63, 3.8) is 0 Å². The highest BCUT2D eigenvalue weighted by Crippen LogP contribution is 2.23. The van der Waals surface area contributed by atoms with Crippen LogP contribution in [0.25, 0.3) is 0 Å². The van der Waals surface area contributed by atoms with E-state index in [1.807, 2.05) is 39.1 Å². The molecule has 1 aromatic carbocycles. The lowest BCUT2D eigenvalue weighted by Crippen LogP contribution is -2.24. The van der Waals surface area contributed by atoms with Crippen LogP contribution in [0.1, 0.15) is 22.4 Å². The molecule has 1 aromatic heterocycles. The zero-order chi connectivity index (χ0) is 15.6. The zero-order valence-electron chi connectivity index (χ0n) is 12.4. The molecule has 5 heteroatoms. The number of halogens is 1. The number of aryl methyl sites for hydroxylation is 2. The Kier molecular flexibility index (Phi) is 4.96. The number of aromatic nitrogens is 1. The number of hydrogen-bond acceptors (Lipinski definition) is 3. The number of anilines is 1. The Balaban J connectivity index is 2.39. The number of rotatable bonds is 4. The van der Waals surface area contributed by atoms with Crippen molar-refractivity contribution in [3.8, 4) is 0 Å². The second-order valence-corrected chi connectivity index (χ2v) is 6.48. The van der Waals surface area contributed by atoms with Gasteiger partial charge in [-0.25, -0.2) is 4.98 Å². The predicted molar refractivity (Wildman–Crippen MR) is 95.8 cm³/mol. The lowest BCUT2D eigenvalue weighted by atomic mass is 10.1. The Morgan fingerprint density at radius 2 is 2.05 bits per heavy atom. The van der Waals surface area contributed by atoms with Gasteiger partial charge in [-0.3, -0.25) is 0 Å². The van der Waals surface area contributed by atoms with Gasteiger partial charge in [0.05, 0.1) is 5.56 Å². The van der Waals surface area contributed by atoms with Gasteiger partial charge in [-0.05, 0) is 43.2 Å². The molecule has 21 heavy (non-hydrogen) atoms. The van der Waals surface area contributed by atoms with Crippen LogP contribution in [0.3, 0.4) is 0 Å². The van der Waals surface area contributed by atoms with Crippen LogP contribution in [0.15, 0.2) is 34.8 Å². The minimum absolute atomic E-state index is 0.385. The molecule has 0 spiro atoms. The van der Waals surface area contributed by atoms with Crippen LogP contribution in [0.2, 0.25) is 0 Å². The van der Waals surface area contributed by atoms with Crippen LogP contribution >= 0.6 is 28.1 Å². The molecule has 0 atom stereocenters. The lowest BCUT2D eigenvalue weighted by molar-refractivity contribution is 0.887. The SMILES string of the molecule is Cc1cc(C)c(C(N)=S)c(N(C)Cc2cccc(Br)c2)n1. The third kappa shape index (κ3) is 3.80. The van der Waals surface area contributed by atoms with Crippen molar-refractivity contribution in [2.24, 2.45) is 5.73 Å². The molecule has 0 unspecified atom stereocenters. The van der Waals surface area contributed by atoms with Crippen molar-refractivity contribution in [1.82, 2.24) is 4.98 Å². The summed E-state index contributed by atoms with van der Waals surface area (Å²) in [6.45, 7) is 4.73. The highest BCUT2D eigenvalue weighted by Gasteiger charge is 2.15. The minimum atomic E-state index is 0.385. The van der Waals surface area contributed by atoms with E-state index in [1.165, 1.54) is 5.56 Å². The number of nitrogens with zero attached hydrogens (tertiary/aromatic N) is 2. The molecule has 110 valence electrons. The Hall–Kier alpha value is -1.46. The first kappa shape index (κ1) is 15.9. The predicted octanol–water partition coefficient (Wildman–Crippen LogP) is 3.73. The summed E-state index contributed by atoms with van der Waals surface area (Å²) in [4.78, 5) is 7.09. The van der Waals surface area contributed by atoms with E-state index in [9.17, 15) is 0 Å². The van der Waals surface area contributed by atoms with E-state index in [-0.39, 0.29) is 0 Å². The monoisotopic (exact) mass is 363 g/mol. The first-order chi connectivity index (χ1) is 9.88.